The molecular formula is C15H22N4O2. The number of hydrogen-bond acceptors (Lipinski definition) is 4. The molecule has 2 atom stereocenters. The Morgan fingerprint density at radius 2 is 2.05 bits per heavy atom. The van der Waals surface area contributed by atoms with Crippen molar-refractivity contribution in [2.45, 2.75) is 50.7 Å². The number of aryl methyl sites for hydroxylation is 1. The van der Waals surface area contributed by atoms with E-state index in [9.17, 15) is 4.79 Å². The zero-order valence-corrected chi connectivity index (χ0v) is 12.5. The highest BCUT2D eigenvalue weighted by molar-refractivity contribution is 5.90. The number of aromatic nitrogens is 1. The number of nitrogens with zero attached hydrogens (tertiary/aromatic N) is 1. The number of ether oxygens (including phenoxy) is 1. The van der Waals surface area contributed by atoms with Gasteiger partial charge < -0.3 is 20.7 Å². The van der Waals surface area contributed by atoms with Gasteiger partial charge in [-0.2, -0.15) is 0 Å². The lowest BCUT2D eigenvalue weighted by Gasteiger charge is -2.29. The molecule has 3 heterocycles. The molecule has 2 aliphatic heterocycles. The Hall–Kier alpha value is -1.82. The molecule has 1 aromatic rings. The Balaban J connectivity index is 1.56. The number of rotatable bonds is 3. The van der Waals surface area contributed by atoms with Crippen LogP contribution in [0, 0.1) is 6.92 Å². The van der Waals surface area contributed by atoms with Gasteiger partial charge in [-0.25, -0.2) is 9.78 Å². The van der Waals surface area contributed by atoms with Crippen molar-refractivity contribution in [2.75, 3.05) is 12.4 Å². The van der Waals surface area contributed by atoms with Gasteiger partial charge in [0, 0.05) is 24.2 Å². The van der Waals surface area contributed by atoms with Gasteiger partial charge in [0.15, 0.2) is 0 Å². The number of pyridine rings is 1. The topological polar surface area (TPSA) is 75.3 Å². The fourth-order valence-corrected chi connectivity index (χ4v) is 3.30. The molecule has 2 aliphatic rings. The van der Waals surface area contributed by atoms with E-state index in [1.807, 2.05) is 13.0 Å². The first-order valence-corrected chi connectivity index (χ1v) is 7.49. The second-order valence-electron chi connectivity index (χ2n) is 5.89. The van der Waals surface area contributed by atoms with E-state index in [2.05, 4.69) is 20.9 Å². The quantitative estimate of drug-likeness (QED) is 0.793. The van der Waals surface area contributed by atoms with Crippen LogP contribution in [0.15, 0.2) is 12.1 Å². The van der Waals surface area contributed by atoms with E-state index in [1.165, 1.54) is 12.8 Å². The van der Waals surface area contributed by atoms with Gasteiger partial charge >= 0.3 is 6.03 Å². The smallest absolute Gasteiger partial charge is 0.319 e. The zero-order chi connectivity index (χ0) is 14.8. The van der Waals surface area contributed by atoms with Gasteiger partial charge in [0.05, 0.1) is 18.5 Å². The summed E-state index contributed by atoms with van der Waals surface area (Å²) in [5.41, 5.74) is 1.46. The van der Waals surface area contributed by atoms with Crippen LogP contribution in [0.2, 0.25) is 0 Å². The van der Waals surface area contributed by atoms with Crippen LogP contribution in [-0.4, -0.2) is 36.3 Å². The second kappa shape index (κ2) is 5.89. The number of amides is 2. The third kappa shape index (κ3) is 3.26. The van der Waals surface area contributed by atoms with Crippen LogP contribution >= 0.6 is 0 Å². The van der Waals surface area contributed by atoms with Crippen LogP contribution in [0.1, 0.15) is 31.4 Å². The number of methoxy groups -OCH3 is 1. The van der Waals surface area contributed by atoms with Gasteiger partial charge in [0.25, 0.3) is 0 Å². The number of carbonyl (C=O) groups is 1. The van der Waals surface area contributed by atoms with E-state index in [1.54, 1.807) is 13.2 Å². The van der Waals surface area contributed by atoms with Crippen molar-refractivity contribution in [1.82, 2.24) is 15.6 Å². The summed E-state index contributed by atoms with van der Waals surface area (Å²) in [5.74, 6) is 0.549. The lowest BCUT2D eigenvalue weighted by atomic mass is 10.0. The van der Waals surface area contributed by atoms with Crippen molar-refractivity contribution < 1.29 is 9.53 Å². The minimum absolute atomic E-state index is 0.156. The zero-order valence-electron chi connectivity index (χ0n) is 12.5. The molecule has 1 aromatic heterocycles. The second-order valence-corrected chi connectivity index (χ2v) is 5.89. The average Bonchev–Trinajstić information content (AvgIpc) is 2.80. The molecule has 3 N–H and O–H groups in total. The molecule has 114 valence electrons. The van der Waals surface area contributed by atoms with Crippen LogP contribution in [0.25, 0.3) is 0 Å². The van der Waals surface area contributed by atoms with Gasteiger partial charge in [-0.1, -0.05) is 0 Å². The summed E-state index contributed by atoms with van der Waals surface area (Å²) >= 11 is 0. The molecule has 2 fully saturated rings. The van der Waals surface area contributed by atoms with Gasteiger partial charge in [-0.3, -0.25) is 0 Å². The number of piperidine rings is 1. The fourth-order valence-electron chi connectivity index (χ4n) is 3.30. The molecule has 0 radical (unpaired) electrons. The van der Waals surface area contributed by atoms with Crippen molar-refractivity contribution in [3.05, 3.63) is 17.8 Å². The van der Waals surface area contributed by atoms with Crippen molar-refractivity contribution >= 4 is 11.7 Å². The number of nitrogens with one attached hydrogen (secondary N) is 3. The van der Waals surface area contributed by atoms with Crippen LogP contribution in [0.5, 0.6) is 5.88 Å². The SMILES string of the molecule is COc1ccc(NC(=O)NC2CC3CCC(C2)N3)c(C)n1. The molecule has 2 bridgehead atoms. The first-order chi connectivity index (χ1) is 10.1. The number of fused-ring (bicyclic) bond motifs is 2. The van der Waals surface area contributed by atoms with Gasteiger partial charge in [0.2, 0.25) is 5.88 Å². The number of anilines is 1. The third-order valence-corrected chi connectivity index (χ3v) is 4.33. The predicted molar refractivity (Wildman–Crippen MR) is 80.6 cm³/mol. The van der Waals surface area contributed by atoms with E-state index in [-0.39, 0.29) is 12.1 Å². The van der Waals surface area contributed by atoms with Crippen LogP contribution in [0.3, 0.4) is 0 Å². The van der Waals surface area contributed by atoms with Gasteiger partial charge in [-0.15, -0.1) is 0 Å². The number of urea groups is 1. The summed E-state index contributed by atoms with van der Waals surface area (Å²) in [4.78, 5) is 16.4. The largest absolute Gasteiger partial charge is 0.481 e. The minimum Gasteiger partial charge on any atom is -0.481 e. The summed E-state index contributed by atoms with van der Waals surface area (Å²) in [7, 11) is 1.58. The summed E-state index contributed by atoms with van der Waals surface area (Å²) in [6.45, 7) is 1.85. The molecule has 0 aromatic carbocycles. The minimum atomic E-state index is -0.156. The van der Waals surface area contributed by atoms with E-state index >= 15 is 0 Å². The maximum absolute atomic E-state index is 12.1. The average molecular weight is 290 g/mol. The highest BCUT2D eigenvalue weighted by Crippen LogP contribution is 2.26. The van der Waals surface area contributed by atoms with E-state index in [0.29, 0.717) is 23.7 Å². The monoisotopic (exact) mass is 290 g/mol. The number of carbonyl (C=O) groups excluding carboxylic acids is 1. The van der Waals surface area contributed by atoms with Gasteiger partial charge in [0.1, 0.15) is 0 Å². The van der Waals surface area contributed by atoms with Crippen molar-refractivity contribution in [2.24, 2.45) is 0 Å². The molecule has 6 nitrogen and oxygen atoms in total. The molecular weight excluding hydrogens is 268 g/mol. The Morgan fingerprint density at radius 1 is 1.33 bits per heavy atom. The highest BCUT2D eigenvalue weighted by Gasteiger charge is 2.33. The summed E-state index contributed by atoms with van der Waals surface area (Å²) < 4.78 is 5.06. The number of hydrogen-bond donors (Lipinski definition) is 3. The Morgan fingerprint density at radius 3 is 2.67 bits per heavy atom. The van der Waals surface area contributed by atoms with Crippen LogP contribution < -0.4 is 20.7 Å². The maximum Gasteiger partial charge on any atom is 0.319 e. The van der Waals surface area contributed by atoms with Crippen molar-refractivity contribution in [1.29, 1.82) is 0 Å². The maximum atomic E-state index is 12.1. The highest BCUT2D eigenvalue weighted by atomic mass is 16.5. The molecule has 2 saturated heterocycles. The molecule has 6 heteroatoms. The molecule has 0 spiro atoms. The van der Waals surface area contributed by atoms with Crippen molar-refractivity contribution in [3.63, 3.8) is 0 Å². The predicted octanol–water partition coefficient (Wildman–Crippen LogP) is 1.80. The summed E-state index contributed by atoms with van der Waals surface area (Å²) in [6.07, 6.45) is 4.49. The lowest BCUT2D eigenvalue weighted by molar-refractivity contribution is 0.240. The van der Waals surface area contributed by atoms with Gasteiger partial charge in [-0.05, 0) is 38.7 Å². The molecule has 0 aliphatic carbocycles. The normalized spacial score (nSPS) is 27.2. The molecule has 21 heavy (non-hydrogen) atoms. The third-order valence-electron chi connectivity index (χ3n) is 4.33. The fraction of sp³-hybridized carbons (Fsp3) is 0.600. The molecule has 2 amide bonds. The first-order valence-electron chi connectivity index (χ1n) is 7.49. The first kappa shape index (κ1) is 14.1. The van der Waals surface area contributed by atoms with Crippen molar-refractivity contribution in [3.8, 4) is 5.88 Å². The Labute approximate surface area is 124 Å². The summed E-state index contributed by atoms with van der Waals surface area (Å²) in [6, 6.07) is 4.80. The van der Waals surface area contributed by atoms with Crippen LogP contribution in [-0.2, 0) is 0 Å². The van der Waals surface area contributed by atoms with E-state index in [0.717, 1.165) is 18.5 Å². The van der Waals surface area contributed by atoms with Crippen LogP contribution in [0.4, 0.5) is 10.5 Å². The van der Waals surface area contributed by atoms with E-state index < -0.39 is 0 Å². The Bertz CT molecular complexity index is 522. The Kier molecular flexibility index (Phi) is 3.96. The van der Waals surface area contributed by atoms with E-state index in [4.69, 9.17) is 4.74 Å². The lowest BCUT2D eigenvalue weighted by Crippen LogP contribution is -2.49. The molecule has 0 saturated carbocycles. The standard InChI is InChI=1S/C15H22N4O2/c1-9-13(5-6-14(16-9)21-2)19-15(20)18-12-7-10-3-4-11(8-12)17-10/h5-6,10-12,17H,3-4,7-8H2,1-2H3,(H2,18,19,20). The molecule has 3 rings (SSSR count). The molecule has 2 unspecified atom stereocenters. The summed E-state index contributed by atoms with van der Waals surface area (Å²) in [5, 5.41) is 9.51.